The minimum absolute atomic E-state index is 0.0775. The number of hydrogen-bond acceptors (Lipinski definition) is 3. The second-order valence-electron chi connectivity index (χ2n) is 2.97. The maximum absolute atomic E-state index is 13.1. The van der Waals surface area contributed by atoms with Crippen LogP contribution in [0.1, 0.15) is 12.5 Å². The fraction of sp³-hybridized carbons (Fsp3) is 0.273. The quantitative estimate of drug-likeness (QED) is 0.832. The standard InChI is InChI=1S/C11H11FN2O2/c1-2-14-11(15)7-16-10-5-3-4-9(12)8(10)6-13/h3-5H,2,7H2,1H3,(H,14,15). The summed E-state index contributed by atoms with van der Waals surface area (Å²) in [5.41, 5.74) is -0.188. The lowest BCUT2D eigenvalue weighted by Gasteiger charge is -2.07. The van der Waals surface area contributed by atoms with Crippen molar-refractivity contribution in [1.29, 1.82) is 5.26 Å². The number of carbonyl (C=O) groups is 1. The molecule has 0 fully saturated rings. The lowest BCUT2D eigenvalue weighted by Crippen LogP contribution is -2.28. The number of likely N-dealkylation sites (N-methyl/N-ethyl adjacent to an activating group) is 1. The van der Waals surface area contributed by atoms with Crippen LogP contribution in [0.5, 0.6) is 5.75 Å². The smallest absolute Gasteiger partial charge is 0.257 e. The number of benzene rings is 1. The molecule has 0 radical (unpaired) electrons. The Balaban J connectivity index is 2.71. The first kappa shape index (κ1) is 12.0. The first-order chi connectivity index (χ1) is 7.69. The predicted molar refractivity (Wildman–Crippen MR) is 55.3 cm³/mol. The van der Waals surface area contributed by atoms with Crippen molar-refractivity contribution >= 4 is 5.91 Å². The van der Waals surface area contributed by atoms with Gasteiger partial charge < -0.3 is 10.1 Å². The van der Waals surface area contributed by atoms with Gasteiger partial charge in [0.2, 0.25) is 0 Å². The monoisotopic (exact) mass is 222 g/mol. The average molecular weight is 222 g/mol. The van der Waals surface area contributed by atoms with E-state index in [-0.39, 0.29) is 23.8 Å². The largest absolute Gasteiger partial charge is 0.482 e. The van der Waals surface area contributed by atoms with Gasteiger partial charge in [-0.15, -0.1) is 0 Å². The number of nitriles is 1. The molecule has 16 heavy (non-hydrogen) atoms. The number of halogens is 1. The van der Waals surface area contributed by atoms with Gasteiger partial charge >= 0.3 is 0 Å². The summed E-state index contributed by atoms with van der Waals surface area (Å²) >= 11 is 0. The zero-order valence-corrected chi connectivity index (χ0v) is 8.79. The van der Waals surface area contributed by atoms with Gasteiger partial charge in [0.25, 0.3) is 5.91 Å². The highest BCUT2D eigenvalue weighted by Gasteiger charge is 2.10. The number of ether oxygens (including phenoxy) is 1. The average Bonchev–Trinajstić information content (AvgIpc) is 2.27. The molecular weight excluding hydrogens is 211 g/mol. The van der Waals surface area contributed by atoms with E-state index in [1.54, 1.807) is 13.0 Å². The van der Waals surface area contributed by atoms with Crippen molar-refractivity contribution in [3.05, 3.63) is 29.6 Å². The van der Waals surface area contributed by atoms with Crippen molar-refractivity contribution < 1.29 is 13.9 Å². The third kappa shape index (κ3) is 2.95. The summed E-state index contributed by atoms with van der Waals surface area (Å²) in [6, 6.07) is 5.72. The van der Waals surface area contributed by atoms with E-state index in [1.807, 2.05) is 0 Å². The summed E-state index contributed by atoms with van der Waals surface area (Å²) in [6.07, 6.45) is 0. The molecular formula is C11H11FN2O2. The Kier molecular flexibility index (Phi) is 4.28. The number of nitrogens with zero attached hydrogens (tertiary/aromatic N) is 1. The highest BCUT2D eigenvalue weighted by molar-refractivity contribution is 5.77. The minimum atomic E-state index is -0.657. The third-order valence-corrected chi connectivity index (χ3v) is 1.82. The molecule has 5 heteroatoms. The molecule has 1 rings (SSSR count). The van der Waals surface area contributed by atoms with E-state index in [9.17, 15) is 9.18 Å². The molecule has 1 aromatic carbocycles. The van der Waals surface area contributed by atoms with Crippen LogP contribution < -0.4 is 10.1 Å². The van der Waals surface area contributed by atoms with Crippen molar-refractivity contribution in [1.82, 2.24) is 5.32 Å². The lowest BCUT2D eigenvalue weighted by atomic mass is 10.2. The number of carbonyl (C=O) groups excluding carboxylic acids is 1. The van der Waals surface area contributed by atoms with E-state index in [2.05, 4.69) is 5.32 Å². The van der Waals surface area contributed by atoms with Crippen LogP contribution in [-0.2, 0) is 4.79 Å². The lowest BCUT2D eigenvalue weighted by molar-refractivity contribution is -0.122. The molecule has 0 bridgehead atoms. The van der Waals surface area contributed by atoms with E-state index >= 15 is 0 Å². The zero-order chi connectivity index (χ0) is 12.0. The Morgan fingerprint density at radius 3 is 3.00 bits per heavy atom. The Morgan fingerprint density at radius 2 is 2.38 bits per heavy atom. The number of amides is 1. The Hall–Kier alpha value is -2.09. The zero-order valence-electron chi connectivity index (χ0n) is 8.79. The second kappa shape index (κ2) is 5.71. The molecule has 0 saturated heterocycles. The fourth-order valence-electron chi connectivity index (χ4n) is 1.12. The Bertz CT molecular complexity index is 426. The van der Waals surface area contributed by atoms with Crippen LogP contribution in [0.25, 0.3) is 0 Å². The van der Waals surface area contributed by atoms with E-state index in [4.69, 9.17) is 10.00 Å². The molecule has 0 aliphatic heterocycles. The van der Waals surface area contributed by atoms with Crippen LogP contribution in [-0.4, -0.2) is 19.1 Å². The van der Waals surface area contributed by atoms with Crippen LogP contribution in [0.4, 0.5) is 4.39 Å². The molecule has 0 spiro atoms. The summed E-state index contributed by atoms with van der Waals surface area (Å²) in [7, 11) is 0. The molecule has 0 aliphatic carbocycles. The normalized spacial score (nSPS) is 9.31. The van der Waals surface area contributed by atoms with Gasteiger partial charge in [-0.1, -0.05) is 6.07 Å². The topological polar surface area (TPSA) is 62.1 Å². The first-order valence-electron chi connectivity index (χ1n) is 4.77. The third-order valence-electron chi connectivity index (χ3n) is 1.82. The van der Waals surface area contributed by atoms with Crippen molar-refractivity contribution in [3.63, 3.8) is 0 Å². The van der Waals surface area contributed by atoms with Gasteiger partial charge in [0, 0.05) is 6.54 Å². The van der Waals surface area contributed by atoms with Crippen LogP contribution in [0.15, 0.2) is 18.2 Å². The van der Waals surface area contributed by atoms with Gasteiger partial charge in [0.1, 0.15) is 23.2 Å². The fourth-order valence-corrected chi connectivity index (χ4v) is 1.12. The van der Waals surface area contributed by atoms with E-state index in [1.165, 1.54) is 12.1 Å². The summed E-state index contributed by atoms with van der Waals surface area (Å²) in [5, 5.41) is 11.2. The maximum Gasteiger partial charge on any atom is 0.257 e. The van der Waals surface area contributed by atoms with Gasteiger partial charge in [-0.3, -0.25) is 4.79 Å². The molecule has 0 aromatic heterocycles. The van der Waals surface area contributed by atoms with Crippen molar-refractivity contribution in [3.8, 4) is 11.8 Å². The predicted octanol–water partition coefficient (Wildman–Crippen LogP) is 1.21. The summed E-state index contributed by atoms with van der Waals surface area (Å²) < 4.78 is 18.2. The molecule has 0 atom stereocenters. The van der Waals surface area contributed by atoms with Crippen LogP contribution in [0.2, 0.25) is 0 Å². The van der Waals surface area contributed by atoms with Crippen molar-refractivity contribution in [2.24, 2.45) is 0 Å². The van der Waals surface area contributed by atoms with Gasteiger partial charge in [-0.05, 0) is 19.1 Å². The highest BCUT2D eigenvalue weighted by Crippen LogP contribution is 2.19. The number of hydrogen-bond donors (Lipinski definition) is 1. The molecule has 1 N–H and O–H groups in total. The second-order valence-corrected chi connectivity index (χ2v) is 2.97. The van der Waals surface area contributed by atoms with Gasteiger partial charge in [0.15, 0.2) is 6.61 Å². The van der Waals surface area contributed by atoms with Crippen molar-refractivity contribution in [2.45, 2.75) is 6.92 Å². The maximum atomic E-state index is 13.1. The highest BCUT2D eigenvalue weighted by atomic mass is 19.1. The van der Waals surface area contributed by atoms with Crippen molar-refractivity contribution in [2.75, 3.05) is 13.2 Å². The van der Waals surface area contributed by atoms with Gasteiger partial charge in [-0.2, -0.15) is 5.26 Å². The molecule has 0 saturated carbocycles. The van der Waals surface area contributed by atoms with Gasteiger partial charge in [-0.25, -0.2) is 4.39 Å². The molecule has 84 valence electrons. The summed E-state index contributed by atoms with van der Waals surface area (Å²) in [5.74, 6) is -0.889. The first-order valence-corrected chi connectivity index (χ1v) is 4.77. The van der Waals surface area contributed by atoms with Crippen LogP contribution >= 0.6 is 0 Å². The molecule has 0 unspecified atom stereocenters. The minimum Gasteiger partial charge on any atom is -0.482 e. The molecule has 0 heterocycles. The van der Waals surface area contributed by atoms with Crippen LogP contribution in [0, 0.1) is 17.1 Å². The number of rotatable bonds is 4. The Morgan fingerprint density at radius 1 is 1.62 bits per heavy atom. The van der Waals surface area contributed by atoms with E-state index in [0.717, 1.165) is 6.07 Å². The SMILES string of the molecule is CCNC(=O)COc1cccc(F)c1C#N. The summed E-state index contributed by atoms with van der Waals surface area (Å²) in [6.45, 7) is 2.04. The van der Waals surface area contributed by atoms with Crippen LogP contribution in [0.3, 0.4) is 0 Å². The van der Waals surface area contributed by atoms with E-state index in [0.29, 0.717) is 6.54 Å². The van der Waals surface area contributed by atoms with Gasteiger partial charge in [0.05, 0.1) is 0 Å². The molecule has 4 nitrogen and oxygen atoms in total. The molecule has 1 amide bonds. The van der Waals surface area contributed by atoms with E-state index < -0.39 is 5.82 Å². The Labute approximate surface area is 92.6 Å². The molecule has 1 aromatic rings. The summed E-state index contributed by atoms with van der Waals surface area (Å²) in [4.78, 5) is 11.1. The molecule has 0 aliphatic rings. The number of nitrogens with one attached hydrogen (secondary N) is 1.